The summed E-state index contributed by atoms with van der Waals surface area (Å²) in [7, 11) is 4.78. The summed E-state index contributed by atoms with van der Waals surface area (Å²) < 4.78 is 12.0. The van der Waals surface area contributed by atoms with Gasteiger partial charge in [0.2, 0.25) is 0 Å². The molecule has 1 heterocycles. The van der Waals surface area contributed by atoms with Gasteiger partial charge in [-0.1, -0.05) is 11.6 Å². The molecule has 6 nitrogen and oxygen atoms in total. The number of benzene rings is 2. The number of phenolic OH excluding ortho intramolecular Hbond substituents is 2. The Labute approximate surface area is 149 Å². The quantitative estimate of drug-likeness (QED) is 0.739. The van der Waals surface area contributed by atoms with E-state index in [1.165, 1.54) is 20.3 Å². The molecule has 7 heteroatoms. The van der Waals surface area contributed by atoms with Crippen molar-refractivity contribution in [1.82, 2.24) is 9.78 Å². The Bertz CT molecular complexity index is 937. The fraction of sp³-hybridized carbons (Fsp3) is 0.167. The highest BCUT2D eigenvalue weighted by Crippen LogP contribution is 2.39. The average molecular weight is 361 g/mol. The molecule has 0 amide bonds. The number of methoxy groups -OCH3 is 2. The second-order valence-corrected chi connectivity index (χ2v) is 5.84. The summed E-state index contributed by atoms with van der Waals surface area (Å²) in [6.07, 6.45) is 0. The molecule has 0 aliphatic heterocycles. The molecule has 0 aliphatic carbocycles. The molecule has 0 fully saturated rings. The zero-order valence-electron chi connectivity index (χ0n) is 13.9. The van der Waals surface area contributed by atoms with E-state index in [0.29, 0.717) is 27.8 Å². The fourth-order valence-corrected chi connectivity index (χ4v) is 2.86. The molecule has 130 valence electrons. The van der Waals surface area contributed by atoms with E-state index in [9.17, 15) is 10.2 Å². The van der Waals surface area contributed by atoms with Crippen LogP contribution in [0.3, 0.4) is 0 Å². The van der Waals surface area contributed by atoms with Crippen LogP contribution in [-0.4, -0.2) is 34.2 Å². The van der Waals surface area contributed by atoms with E-state index in [0.717, 1.165) is 11.3 Å². The van der Waals surface area contributed by atoms with Crippen molar-refractivity contribution in [2.45, 2.75) is 0 Å². The standard InChI is InChI=1S/C18H17ClN2O4/c1-21-14(10-4-5-15(22)17(6-10)24-2)9-13(20-21)11-7-18(25-3)16(23)8-12(11)19/h4-9,22-23H,1-3H3. The summed E-state index contributed by atoms with van der Waals surface area (Å²) in [6.45, 7) is 0. The Balaban J connectivity index is 2.10. The predicted molar refractivity (Wildman–Crippen MR) is 95.5 cm³/mol. The molecule has 0 atom stereocenters. The van der Waals surface area contributed by atoms with Crippen LogP contribution in [0.1, 0.15) is 0 Å². The van der Waals surface area contributed by atoms with Crippen molar-refractivity contribution in [2.24, 2.45) is 7.05 Å². The highest BCUT2D eigenvalue weighted by Gasteiger charge is 2.16. The first-order chi connectivity index (χ1) is 11.9. The van der Waals surface area contributed by atoms with Crippen molar-refractivity contribution in [1.29, 1.82) is 0 Å². The maximum absolute atomic E-state index is 9.81. The molecular formula is C18H17ClN2O4. The van der Waals surface area contributed by atoms with Crippen molar-refractivity contribution in [3.8, 4) is 45.5 Å². The van der Waals surface area contributed by atoms with Crippen molar-refractivity contribution in [2.75, 3.05) is 14.2 Å². The van der Waals surface area contributed by atoms with Crippen LogP contribution in [0.25, 0.3) is 22.5 Å². The van der Waals surface area contributed by atoms with Gasteiger partial charge in [0.25, 0.3) is 0 Å². The lowest BCUT2D eigenvalue weighted by molar-refractivity contribution is 0.373. The number of aromatic hydroxyl groups is 2. The summed E-state index contributed by atoms with van der Waals surface area (Å²) in [5, 5.41) is 24.4. The van der Waals surface area contributed by atoms with E-state index in [-0.39, 0.29) is 11.5 Å². The van der Waals surface area contributed by atoms with Gasteiger partial charge in [0.05, 0.1) is 30.6 Å². The van der Waals surface area contributed by atoms with Gasteiger partial charge in [-0.2, -0.15) is 5.10 Å². The van der Waals surface area contributed by atoms with Crippen LogP contribution in [0, 0.1) is 0 Å². The molecular weight excluding hydrogens is 344 g/mol. The van der Waals surface area contributed by atoms with Crippen LogP contribution >= 0.6 is 11.6 Å². The molecule has 0 radical (unpaired) electrons. The minimum Gasteiger partial charge on any atom is -0.504 e. The lowest BCUT2D eigenvalue weighted by Crippen LogP contribution is -1.94. The molecule has 0 saturated heterocycles. The zero-order valence-corrected chi connectivity index (χ0v) is 14.7. The van der Waals surface area contributed by atoms with Gasteiger partial charge in [-0.15, -0.1) is 0 Å². The normalized spacial score (nSPS) is 10.7. The van der Waals surface area contributed by atoms with Gasteiger partial charge in [0.1, 0.15) is 0 Å². The number of aromatic nitrogens is 2. The monoisotopic (exact) mass is 360 g/mol. The Morgan fingerprint density at radius 2 is 1.64 bits per heavy atom. The number of hydrogen-bond acceptors (Lipinski definition) is 5. The van der Waals surface area contributed by atoms with Gasteiger partial charge in [-0.05, 0) is 30.3 Å². The molecule has 0 bridgehead atoms. The Morgan fingerprint density at radius 3 is 2.32 bits per heavy atom. The third-order valence-corrected chi connectivity index (χ3v) is 4.21. The summed E-state index contributed by atoms with van der Waals surface area (Å²) in [6, 6.07) is 10.0. The van der Waals surface area contributed by atoms with E-state index in [2.05, 4.69) is 5.10 Å². The highest BCUT2D eigenvalue weighted by atomic mass is 35.5. The summed E-state index contributed by atoms with van der Waals surface area (Å²) in [4.78, 5) is 0. The van der Waals surface area contributed by atoms with Gasteiger partial charge >= 0.3 is 0 Å². The number of halogens is 1. The highest BCUT2D eigenvalue weighted by molar-refractivity contribution is 6.33. The SMILES string of the molecule is COc1cc(-c2cc(-c3cc(OC)c(O)cc3Cl)nn2C)ccc1O. The average Bonchev–Trinajstić information content (AvgIpc) is 2.97. The Hall–Kier alpha value is -2.86. The van der Waals surface area contributed by atoms with Gasteiger partial charge in [-0.25, -0.2) is 0 Å². The summed E-state index contributed by atoms with van der Waals surface area (Å²) >= 11 is 6.25. The van der Waals surface area contributed by atoms with Crippen molar-refractivity contribution < 1.29 is 19.7 Å². The smallest absolute Gasteiger partial charge is 0.161 e. The molecule has 2 N–H and O–H groups in total. The van der Waals surface area contributed by atoms with Crippen LogP contribution in [-0.2, 0) is 7.05 Å². The van der Waals surface area contributed by atoms with Crippen LogP contribution in [0.2, 0.25) is 5.02 Å². The summed E-state index contributed by atoms with van der Waals surface area (Å²) in [5.41, 5.74) is 2.92. The topological polar surface area (TPSA) is 76.7 Å². The number of aryl methyl sites for hydroxylation is 1. The molecule has 0 saturated carbocycles. The molecule has 25 heavy (non-hydrogen) atoms. The number of ether oxygens (including phenoxy) is 2. The molecule has 1 aromatic heterocycles. The van der Waals surface area contributed by atoms with E-state index >= 15 is 0 Å². The number of phenols is 2. The van der Waals surface area contributed by atoms with E-state index in [4.69, 9.17) is 21.1 Å². The maximum Gasteiger partial charge on any atom is 0.161 e. The maximum atomic E-state index is 9.81. The van der Waals surface area contributed by atoms with E-state index < -0.39 is 0 Å². The number of hydrogen-bond donors (Lipinski definition) is 2. The second kappa shape index (κ2) is 6.57. The third-order valence-electron chi connectivity index (χ3n) is 3.90. The molecule has 3 rings (SSSR count). The molecule has 0 spiro atoms. The minimum atomic E-state index is -0.0318. The van der Waals surface area contributed by atoms with Gasteiger partial charge in [0.15, 0.2) is 23.0 Å². The molecule has 0 unspecified atom stereocenters. The van der Waals surface area contributed by atoms with E-state index in [1.807, 2.05) is 13.1 Å². The summed E-state index contributed by atoms with van der Waals surface area (Å²) in [5.74, 6) is 0.734. The minimum absolute atomic E-state index is 0.0318. The second-order valence-electron chi connectivity index (χ2n) is 5.43. The van der Waals surface area contributed by atoms with Crippen LogP contribution in [0.4, 0.5) is 0 Å². The van der Waals surface area contributed by atoms with Crippen molar-refractivity contribution in [3.05, 3.63) is 41.4 Å². The van der Waals surface area contributed by atoms with Crippen LogP contribution < -0.4 is 9.47 Å². The lowest BCUT2D eigenvalue weighted by Gasteiger charge is -2.07. The first-order valence-electron chi connectivity index (χ1n) is 7.43. The van der Waals surface area contributed by atoms with Gasteiger partial charge in [-0.3, -0.25) is 4.68 Å². The van der Waals surface area contributed by atoms with Crippen LogP contribution in [0.15, 0.2) is 36.4 Å². The van der Waals surface area contributed by atoms with Crippen LogP contribution in [0.5, 0.6) is 23.0 Å². The lowest BCUT2D eigenvalue weighted by atomic mass is 10.1. The van der Waals surface area contributed by atoms with Gasteiger partial charge in [0, 0.05) is 24.2 Å². The first-order valence-corrected chi connectivity index (χ1v) is 7.80. The Morgan fingerprint density at radius 1 is 0.960 bits per heavy atom. The number of nitrogens with zero attached hydrogens (tertiary/aromatic N) is 2. The molecule has 0 aliphatic rings. The molecule has 2 aromatic carbocycles. The Kier molecular flexibility index (Phi) is 4.46. The van der Waals surface area contributed by atoms with Crippen molar-refractivity contribution in [3.63, 3.8) is 0 Å². The third kappa shape index (κ3) is 3.08. The van der Waals surface area contributed by atoms with Crippen molar-refractivity contribution >= 4 is 11.6 Å². The molecule has 3 aromatic rings. The largest absolute Gasteiger partial charge is 0.504 e. The fourth-order valence-electron chi connectivity index (χ4n) is 2.61. The zero-order chi connectivity index (χ0) is 18.1. The number of rotatable bonds is 4. The predicted octanol–water partition coefficient (Wildman–Crippen LogP) is 3.84. The first kappa shape index (κ1) is 17.0. The van der Waals surface area contributed by atoms with E-state index in [1.54, 1.807) is 28.9 Å². The van der Waals surface area contributed by atoms with Gasteiger partial charge < -0.3 is 19.7 Å².